The van der Waals surface area contributed by atoms with Gasteiger partial charge in [0.1, 0.15) is 17.2 Å². The zero-order chi connectivity index (χ0) is 14.8. The predicted octanol–water partition coefficient (Wildman–Crippen LogP) is 3.86. The molecule has 0 unspecified atom stereocenters. The van der Waals surface area contributed by atoms with Crippen LogP contribution in [0.1, 0.15) is 11.1 Å². The summed E-state index contributed by atoms with van der Waals surface area (Å²) in [5, 5.41) is 0.786. The third-order valence-corrected chi connectivity index (χ3v) is 3.44. The third-order valence-electron chi connectivity index (χ3n) is 3.44. The number of benzene rings is 2. The molecule has 1 aromatic heterocycles. The summed E-state index contributed by atoms with van der Waals surface area (Å²) >= 11 is 0. The first-order valence-corrected chi connectivity index (χ1v) is 6.60. The van der Waals surface area contributed by atoms with E-state index in [2.05, 4.69) is 0 Å². The molecule has 0 fully saturated rings. The molecule has 2 aromatic carbocycles. The highest BCUT2D eigenvalue weighted by Gasteiger charge is 2.10. The molecular weight excluding hydrogens is 274 g/mol. The zero-order valence-corrected chi connectivity index (χ0v) is 11.1. The van der Waals surface area contributed by atoms with E-state index in [4.69, 9.17) is 4.42 Å². The molecule has 0 atom stereocenters. The smallest absolute Gasteiger partial charge is 0.336 e. The van der Waals surface area contributed by atoms with Gasteiger partial charge >= 0.3 is 5.63 Å². The fraction of sp³-hybridized carbons (Fsp3) is 0.118. The topological polar surface area (TPSA) is 30.2 Å². The number of rotatable bonds is 3. The normalized spacial score (nSPS) is 11.0. The van der Waals surface area contributed by atoms with Crippen LogP contribution in [0, 0.1) is 11.6 Å². The van der Waals surface area contributed by atoms with Crippen LogP contribution in [0.5, 0.6) is 0 Å². The molecule has 0 N–H and O–H groups in total. The van der Waals surface area contributed by atoms with Crippen molar-refractivity contribution in [3.63, 3.8) is 0 Å². The second kappa shape index (κ2) is 5.48. The van der Waals surface area contributed by atoms with Gasteiger partial charge in [-0.1, -0.05) is 24.3 Å². The first-order valence-electron chi connectivity index (χ1n) is 6.60. The molecule has 0 saturated heterocycles. The Morgan fingerprint density at radius 3 is 2.38 bits per heavy atom. The summed E-state index contributed by atoms with van der Waals surface area (Å²) < 4.78 is 32.4. The van der Waals surface area contributed by atoms with E-state index in [0.717, 1.165) is 10.9 Å². The number of hydrogen-bond donors (Lipinski definition) is 0. The van der Waals surface area contributed by atoms with Crippen molar-refractivity contribution in [3.8, 4) is 0 Å². The van der Waals surface area contributed by atoms with Crippen molar-refractivity contribution in [1.29, 1.82) is 0 Å². The molecule has 0 amide bonds. The summed E-state index contributed by atoms with van der Waals surface area (Å²) in [7, 11) is 0. The fourth-order valence-corrected chi connectivity index (χ4v) is 2.42. The van der Waals surface area contributed by atoms with Crippen molar-refractivity contribution >= 4 is 11.0 Å². The summed E-state index contributed by atoms with van der Waals surface area (Å²) in [4.78, 5) is 11.5. The molecule has 2 nitrogen and oxygen atoms in total. The van der Waals surface area contributed by atoms with Gasteiger partial charge in [-0.3, -0.25) is 0 Å². The van der Waals surface area contributed by atoms with Crippen LogP contribution in [-0.2, 0) is 12.8 Å². The maximum atomic E-state index is 13.6. The van der Waals surface area contributed by atoms with Gasteiger partial charge in [0.2, 0.25) is 0 Å². The molecule has 0 spiro atoms. The van der Waals surface area contributed by atoms with Gasteiger partial charge in [-0.2, -0.15) is 0 Å². The Bertz CT molecular complexity index is 833. The van der Waals surface area contributed by atoms with E-state index in [0.29, 0.717) is 12.0 Å². The van der Waals surface area contributed by atoms with E-state index in [1.54, 1.807) is 12.1 Å². The Balaban J connectivity index is 1.97. The van der Waals surface area contributed by atoms with Crippen LogP contribution in [0.2, 0.25) is 0 Å². The SMILES string of the molecule is O=c1cc(CCc2c(F)cccc2F)c2ccccc2o1. The molecule has 106 valence electrons. The van der Waals surface area contributed by atoms with Gasteiger partial charge in [-0.05, 0) is 36.6 Å². The molecule has 0 bridgehead atoms. The molecule has 0 aliphatic rings. The fourth-order valence-electron chi connectivity index (χ4n) is 2.42. The predicted molar refractivity (Wildman–Crippen MR) is 76.3 cm³/mol. The van der Waals surface area contributed by atoms with Crippen LogP contribution in [-0.4, -0.2) is 0 Å². The first kappa shape index (κ1) is 13.5. The Hall–Kier alpha value is -2.49. The summed E-state index contributed by atoms with van der Waals surface area (Å²) in [6.07, 6.45) is 0.552. The van der Waals surface area contributed by atoms with Gasteiger partial charge in [-0.25, -0.2) is 13.6 Å². The van der Waals surface area contributed by atoms with Gasteiger partial charge in [0, 0.05) is 17.0 Å². The van der Waals surface area contributed by atoms with Crippen LogP contribution in [0.4, 0.5) is 8.78 Å². The summed E-state index contributed by atoms with van der Waals surface area (Å²) in [5.74, 6) is -1.13. The van der Waals surface area contributed by atoms with Crippen molar-refractivity contribution in [3.05, 3.63) is 81.7 Å². The third kappa shape index (κ3) is 2.70. The Labute approximate surface area is 119 Å². The first-order chi connectivity index (χ1) is 10.1. The number of aryl methyl sites for hydroxylation is 1. The largest absolute Gasteiger partial charge is 0.423 e. The average Bonchev–Trinajstić information content (AvgIpc) is 2.46. The number of fused-ring (bicyclic) bond motifs is 1. The van der Waals surface area contributed by atoms with Gasteiger partial charge in [-0.15, -0.1) is 0 Å². The number of hydrogen-bond acceptors (Lipinski definition) is 2. The van der Waals surface area contributed by atoms with Crippen molar-refractivity contribution in [2.45, 2.75) is 12.8 Å². The highest BCUT2D eigenvalue weighted by atomic mass is 19.1. The number of para-hydroxylation sites is 1. The zero-order valence-electron chi connectivity index (χ0n) is 11.1. The Morgan fingerprint density at radius 2 is 1.62 bits per heavy atom. The molecule has 3 aromatic rings. The maximum absolute atomic E-state index is 13.6. The van der Waals surface area contributed by atoms with E-state index >= 15 is 0 Å². The van der Waals surface area contributed by atoms with Crippen LogP contribution in [0.25, 0.3) is 11.0 Å². The van der Waals surface area contributed by atoms with Crippen LogP contribution >= 0.6 is 0 Å². The highest BCUT2D eigenvalue weighted by molar-refractivity contribution is 5.80. The van der Waals surface area contributed by atoms with Crippen molar-refractivity contribution < 1.29 is 13.2 Å². The van der Waals surface area contributed by atoms with Crippen LogP contribution in [0.15, 0.2) is 57.7 Å². The average molecular weight is 286 g/mol. The van der Waals surface area contributed by atoms with Gasteiger partial charge in [0.25, 0.3) is 0 Å². The van der Waals surface area contributed by atoms with E-state index in [-0.39, 0.29) is 12.0 Å². The van der Waals surface area contributed by atoms with Crippen molar-refractivity contribution in [2.75, 3.05) is 0 Å². The lowest BCUT2D eigenvalue weighted by atomic mass is 10.0. The molecule has 0 saturated carbocycles. The molecule has 3 rings (SSSR count). The Kier molecular flexibility index (Phi) is 3.52. The molecule has 0 aliphatic carbocycles. The Morgan fingerprint density at radius 1 is 0.905 bits per heavy atom. The molecule has 0 aliphatic heterocycles. The molecule has 1 heterocycles. The minimum absolute atomic E-state index is 0.0369. The van der Waals surface area contributed by atoms with Gasteiger partial charge in [0.15, 0.2) is 0 Å². The maximum Gasteiger partial charge on any atom is 0.336 e. The lowest BCUT2D eigenvalue weighted by molar-refractivity contribution is 0.551. The number of halogens is 2. The highest BCUT2D eigenvalue weighted by Crippen LogP contribution is 2.20. The van der Waals surface area contributed by atoms with E-state index in [1.165, 1.54) is 24.3 Å². The second-order valence-electron chi connectivity index (χ2n) is 4.79. The lowest BCUT2D eigenvalue weighted by Crippen LogP contribution is -2.04. The van der Waals surface area contributed by atoms with E-state index < -0.39 is 17.3 Å². The summed E-state index contributed by atoms with van der Waals surface area (Å²) in [6, 6.07) is 12.3. The van der Waals surface area contributed by atoms with E-state index in [9.17, 15) is 13.6 Å². The van der Waals surface area contributed by atoms with Gasteiger partial charge < -0.3 is 4.42 Å². The monoisotopic (exact) mass is 286 g/mol. The quantitative estimate of drug-likeness (QED) is 0.684. The molecule has 21 heavy (non-hydrogen) atoms. The van der Waals surface area contributed by atoms with Crippen LogP contribution in [0.3, 0.4) is 0 Å². The second-order valence-corrected chi connectivity index (χ2v) is 4.79. The van der Waals surface area contributed by atoms with Crippen molar-refractivity contribution in [1.82, 2.24) is 0 Å². The van der Waals surface area contributed by atoms with Gasteiger partial charge in [0.05, 0.1) is 0 Å². The minimum atomic E-state index is -0.567. The minimum Gasteiger partial charge on any atom is -0.423 e. The van der Waals surface area contributed by atoms with Crippen LogP contribution < -0.4 is 5.63 Å². The van der Waals surface area contributed by atoms with Crippen molar-refractivity contribution in [2.24, 2.45) is 0 Å². The molecular formula is C17H12F2O2. The lowest BCUT2D eigenvalue weighted by Gasteiger charge is -2.07. The van der Waals surface area contributed by atoms with E-state index in [1.807, 2.05) is 12.1 Å². The summed E-state index contributed by atoms with van der Waals surface area (Å²) in [5.41, 5.74) is 0.783. The standard InChI is InChI=1S/C17H12F2O2/c18-14-5-3-6-15(19)13(14)9-8-11-10-17(20)21-16-7-2-1-4-12(11)16/h1-7,10H,8-9H2. The molecule has 4 heteroatoms. The molecule has 0 radical (unpaired) electrons. The summed E-state index contributed by atoms with van der Waals surface area (Å²) in [6.45, 7) is 0.